The lowest BCUT2D eigenvalue weighted by Crippen LogP contribution is -2.35. The molecule has 0 bridgehead atoms. The number of hydrogen-bond donors (Lipinski definition) is 2. The van der Waals surface area contributed by atoms with Gasteiger partial charge in [-0.15, -0.1) is 0 Å². The van der Waals surface area contributed by atoms with Crippen LogP contribution in [0.2, 0.25) is 0 Å². The minimum atomic E-state index is -0.608. The Hall–Kier alpha value is -1.72. The van der Waals surface area contributed by atoms with Crippen LogP contribution in [-0.4, -0.2) is 36.5 Å². The van der Waals surface area contributed by atoms with E-state index in [1.165, 1.54) is 0 Å². The van der Waals surface area contributed by atoms with E-state index >= 15 is 0 Å². The summed E-state index contributed by atoms with van der Waals surface area (Å²) in [4.78, 5) is 43.8. The third-order valence-electron chi connectivity index (χ3n) is 2.07. The molecular weight excluding hydrogens is 224 g/mol. The van der Waals surface area contributed by atoms with E-state index in [1.54, 1.807) is 13.8 Å². The Bertz CT molecular complexity index is 283. The fourth-order valence-corrected chi connectivity index (χ4v) is 1.01. The summed E-state index contributed by atoms with van der Waals surface area (Å²) in [5, 5.41) is 4.85. The van der Waals surface area contributed by atoms with Crippen molar-refractivity contribution in [2.45, 2.75) is 33.1 Å². The lowest BCUT2D eigenvalue weighted by atomic mass is 10.3. The number of carbonyl (C=O) groups excluding carboxylic acids is 4. The van der Waals surface area contributed by atoms with Crippen LogP contribution >= 0.6 is 0 Å². The van der Waals surface area contributed by atoms with Crippen molar-refractivity contribution in [1.82, 2.24) is 10.6 Å². The van der Waals surface area contributed by atoms with Crippen molar-refractivity contribution in [3.8, 4) is 0 Å². The minimum absolute atomic E-state index is 0.174. The first-order valence-electron chi connectivity index (χ1n) is 5.64. The second-order valence-electron chi connectivity index (χ2n) is 3.42. The fraction of sp³-hybridized carbons (Fsp3) is 0.636. The van der Waals surface area contributed by atoms with Gasteiger partial charge in [0.25, 0.3) is 11.8 Å². The van der Waals surface area contributed by atoms with E-state index in [0.29, 0.717) is 19.5 Å². The second kappa shape index (κ2) is 8.43. The SMILES string of the molecule is CCC(=O)C(=O)NCCCNC(=O)C(=O)CC. The maximum atomic E-state index is 11.0. The molecule has 0 aromatic rings. The summed E-state index contributed by atoms with van der Waals surface area (Å²) < 4.78 is 0. The molecule has 96 valence electrons. The van der Waals surface area contributed by atoms with Crippen molar-refractivity contribution in [2.24, 2.45) is 0 Å². The summed E-state index contributed by atoms with van der Waals surface area (Å²) in [5.74, 6) is -2.14. The van der Waals surface area contributed by atoms with E-state index < -0.39 is 23.4 Å². The van der Waals surface area contributed by atoms with E-state index in [1.807, 2.05) is 0 Å². The number of ketones is 2. The Morgan fingerprint density at radius 1 is 0.765 bits per heavy atom. The van der Waals surface area contributed by atoms with Crippen LogP contribution in [0, 0.1) is 0 Å². The number of rotatable bonds is 8. The fourth-order valence-electron chi connectivity index (χ4n) is 1.01. The second-order valence-corrected chi connectivity index (χ2v) is 3.42. The molecule has 0 aromatic carbocycles. The van der Waals surface area contributed by atoms with Crippen molar-refractivity contribution in [1.29, 1.82) is 0 Å². The molecule has 17 heavy (non-hydrogen) atoms. The van der Waals surface area contributed by atoms with E-state index in [-0.39, 0.29) is 12.8 Å². The minimum Gasteiger partial charge on any atom is -0.349 e. The van der Waals surface area contributed by atoms with Gasteiger partial charge in [-0.05, 0) is 6.42 Å². The molecule has 0 aliphatic carbocycles. The molecule has 0 heterocycles. The Morgan fingerprint density at radius 2 is 1.12 bits per heavy atom. The van der Waals surface area contributed by atoms with Gasteiger partial charge in [0.15, 0.2) is 0 Å². The van der Waals surface area contributed by atoms with Crippen LogP contribution in [0.3, 0.4) is 0 Å². The molecule has 0 unspecified atom stereocenters. The first kappa shape index (κ1) is 15.3. The van der Waals surface area contributed by atoms with Gasteiger partial charge in [-0.3, -0.25) is 19.2 Å². The molecule has 6 nitrogen and oxygen atoms in total. The molecule has 0 atom stereocenters. The third-order valence-corrected chi connectivity index (χ3v) is 2.07. The molecule has 0 aliphatic rings. The van der Waals surface area contributed by atoms with Gasteiger partial charge in [0, 0.05) is 25.9 Å². The standard InChI is InChI=1S/C11H18N2O4/c1-3-8(14)10(16)12-6-5-7-13-11(17)9(15)4-2/h3-7H2,1-2H3,(H,12,16)(H,13,17). The summed E-state index contributed by atoms with van der Waals surface area (Å²) in [5.41, 5.74) is 0. The molecule has 0 aromatic heterocycles. The Labute approximate surface area is 100 Å². The van der Waals surface area contributed by atoms with Crippen LogP contribution in [0.5, 0.6) is 0 Å². The molecule has 2 N–H and O–H groups in total. The lowest BCUT2D eigenvalue weighted by Gasteiger charge is -2.04. The topological polar surface area (TPSA) is 92.3 Å². The molecule has 0 fully saturated rings. The molecule has 0 saturated carbocycles. The maximum absolute atomic E-state index is 11.0. The molecule has 0 radical (unpaired) electrons. The van der Waals surface area contributed by atoms with Gasteiger partial charge < -0.3 is 10.6 Å². The van der Waals surface area contributed by atoms with Crippen LogP contribution in [-0.2, 0) is 19.2 Å². The van der Waals surface area contributed by atoms with Crippen LogP contribution in [0.1, 0.15) is 33.1 Å². The molecular formula is C11H18N2O4. The number of hydrogen-bond acceptors (Lipinski definition) is 4. The predicted molar refractivity (Wildman–Crippen MR) is 61.2 cm³/mol. The van der Waals surface area contributed by atoms with Crippen LogP contribution in [0.15, 0.2) is 0 Å². The van der Waals surface area contributed by atoms with Crippen LogP contribution in [0.25, 0.3) is 0 Å². The van der Waals surface area contributed by atoms with Crippen molar-refractivity contribution in [3.63, 3.8) is 0 Å². The highest BCUT2D eigenvalue weighted by molar-refractivity contribution is 6.36. The largest absolute Gasteiger partial charge is 0.349 e. The average molecular weight is 242 g/mol. The third kappa shape index (κ3) is 6.44. The smallest absolute Gasteiger partial charge is 0.287 e. The average Bonchev–Trinajstić information content (AvgIpc) is 2.35. The van der Waals surface area contributed by atoms with Crippen molar-refractivity contribution in [3.05, 3.63) is 0 Å². The molecule has 6 heteroatoms. The number of nitrogens with one attached hydrogen (secondary N) is 2. The van der Waals surface area contributed by atoms with Crippen molar-refractivity contribution in [2.75, 3.05) is 13.1 Å². The van der Waals surface area contributed by atoms with Gasteiger partial charge in [0.2, 0.25) is 11.6 Å². The van der Waals surface area contributed by atoms with Gasteiger partial charge >= 0.3 is 0 Å². The van der Waals surface area contributed by atoms with Gasteiger partial charge in [0.05, 0.1) is 0 Å². The van der Waals surface area contributed by atoms with Gasteiger partial charge in [-0.25, -0.2) is 0 Å². The monoisotopic (exact) mass is 242 g/mol. The number of carbonyl (C=O) groups is 4. The Morgan fingerprint density at radius 3 is 1.41 bits per heavy atom. The van der Waals surface area contributed by atoms with Gasteiger partial charge in [-0.1, -0.05) is 13.8 Å². The van der Waals surface area contributed by atoms with E-state index in [0.717, 1.165) is 0 Å². The lowest BCUT2D eigenvalue weighted by molar-refractivity contribution is -0.138. The first-order chi connectivity index (χ1) is 8.02. The van der Waals surface area contributed by atoms with Gasteiger partial charge in [0.1, 0.15) is 0 Å². The molecule has 0 aliphatic heterocycles. The van der Waals surface area contributed by atoms with E-state index in [2.05, 4.69) is 10.6 Å². The quantitative estimate of drug-likeness (QED) is 0.446. The zero-order valence-corrected chi connectivity index (χ0v) is 10.2. The highest BCUT2D eigenvalue weighted by atomic mass is 16.2. The highest BCUT2D eigenvalue weighted by Crippen LogP contribution is 1.83. The zero-order chi connectivity index (χ0) is 13.3. The molecule has 0 rings (SSSR count). The summed E-state index contributed by atoms with van der Waals surface area (Å²) in [6.07, 6.45) is 0.826. The summed E-state index contributed by atoms with van der Waals surface area (Å²) in [6.45, 7) is 3.81. The van der Waals surface area contributed by atoms with E-state index in [4.69, 9.17) is 0 Å². The molecule has 0 spiro atoms. The summed E-state index contributed by atoms with van der Waals surface area (Å²) in [7, 11) is 0. The Kier molecular flexibility index (Phi) is 7.58. The molecule has 0 saturated heterocycles. The summed E-state index contributed by atoms with van der Waals surface area (Å²) >= 11 is 0. The first-order valence-corrected chi connectivity index (χ1v) is 5.64. The Balaban J connectivity index is 3.60. The normalized spacial score (nSPS) is 9.53. The highest BCUT2D eigenvalue weighted by Gasteiger charge is 2.11. The summed E-state index contributed by atoms with van der Waals surface area (Å²) in [6, 6.07) is 0. The number of Topliss-reactive ketones (excluding diaryl/α,β-unsaturated/α-hetero) is 2. The van der Waals surface area contributed by atoms with Crippen molar-refractivity contribution >= 4 is 23.4 Å². The number of amides is 2. The van der Waals surface area contributed by atoms with E-state index in [9.17, 15) is 19.2 Å². The van der Waals surface area contributed by atoms with Gasteiger partial charge in [-0.2, -0.15) is 0 Å². The molecule has 2 amide bonds. The predicted octanol–water partition coefficient (Wildman–Crippen LogP) is -0.433. The maximum Gasteiger partial charge on any atom is 0.287 e. The van der Waals surface area contributed by atoms with Crippen LogP contribution < -0.4 is 10.6 Å². The van der Waals surface area contributed by atoms with Crippen molar-refractivity contribution < 1.29 is 19.2 Å². The van der Waals surface area contributed by atoms with Crippen LogP contribution in [0.4, 0.5) is 0 Å². The zero-order valence-electron chi connectivity index (χ0n) is 10.2.